The summed E-state index contributed by atoms with van der Waals surface area (Å²) in [5.41, 5.74) is 5.63. The Morgan fingerprint density at radius 2 is 2.09 bits per heavy atom. The molecule has 11 heavy (non-hydrogen) atoms. The Morgan fingerprint density at radius 3 is 2.55 bits per heavy atom. The van der Waals surface area contributed by atoms with Crippen LogP contribution in [0, 0.1) is 0 Å². The molecule has 4 N–H and O–H groups in total. The minimum atomic E-state index is -1.05. The standard InChI is InChI=1S/C7H8ClNO2/c8-5-3-4(7(9)11)1-2-6(5)10/h1-3,7,10-11H,9H2. The molecule has 1 aromatic carbocycles. The van der Waals surface area contributed by atoms with Crippen molar-refractivity contribution in [3.8, 4) is 5.75 Å². The van der Waals surface area contributed by atoms with Crippen molar-refractivity contribution < 1.29 is 10.2 Å². The average molecular weight is 174 g/mol. The molecule has 3 nitrogen and oxygen atoms in total. The number of rotatable bonds is 1. The van der Waals surface area contributed by atoms with E-state index < -0.39 is 6.23 Å². The van der Waals surface area contributed by atoms with Gasteiger partial charge in [-0.05, 0) is 17.7 Å². The zero-order valence-corrected chi connectivity index (χ0v) is 6.42. The maximum atomic E-state index is 8.97. The maximum absolute atomic E-state index is 8.97. The van der Waals surface area contributed by atoms with E-state index in [9.17, 15) is 0 Å². The minimum absolute atomic E-state index is 0.0175. The molecule has 0 spiro atoms. The molecule has 1 rings (SSSR count). The predicted molar refractivity (Wildman–Crippen MR) is 42.3 cm³/mol. The molecule has 0 aliphatic carbocycles. The van der Waals surface area contributed by atoms with Crippen LogP contribution in [0.1, 0.15) is 11.8 Å². The number of aliphatic hydroxyl groups is 1. The quantitative estimate of drug-likeness (QED) is 0.555. The smallest absolute Gasteiger partial charge is 0.134 e. The van der Waals surface area contributed by atoms with Gasteiger partial charge in [-0.25, -0.2) is 0 Å². The lowest BCUT2D eigenvalue weighted by Gasteiger charge is -2.04. The normalized spacial score (nSPS) is 13.0. The van der Waals surface area contributed by atoms with Crippen molar-refractivity contribution in [1.82, 2.24) is 0 Å². The number of nitrogens with two attached hydrogens (primary N) is 1. The summed E-state index contributed by atoms with van der Waals surface area (Å²) >= 11 is 5.54. The lowest BCUT2D eigenvalue weighted by molar-refractivity contribution is 0.186. The van der Waals surface area contributed by atoms with Crippen LogP contribution in [-0.2, 0) is 0 Å². The summed E-state index contributed by atoms with van der Waals surface area (Å²) in [5.74, 6) is -0.0175. The predicted octanol–water partition coefficient (Wildman–Crippen LogP) is 0.995. The van der Waals surface area contributed by atoms with Gasteiger partial charge in [0.15, 0.2) is 0 Å². The first-order chi connectivity index (χ1) is 5.11. The topological polar surface area (TPSA) is 66.5 Å². The highest BCUT2D eigenvalue weighted by Crippen LogP contribution is 2.24. The van der Waals surface area contributed by atoms with Gasteiger partial charge in [0.1, 0.15) is 12.0 Å². The number of aromatic hydroxyl groups is 1. The summed E-state index contributed by atoms with van der Waals surface area (Å²) < 4.78 is 0. The van der Waals surface area contributed by atoms with Crippen molar-refractivity contribution in [3.63, 3.8) is 0 Å². The second kappa shape index (κ2) is 3.09. The molecule has 0 saturated carbocycles. The van der Waals surface area contributed by atoms with Crippen molar-refractivity contribution in [1.29, 1.82) is 0 Å². The van der Waals surface area contributed by atoms with E-state index in [-0.39, 0.29) is 10.8 Å². The molecule has 0 amide bonds. The van der Waals surface area contributed by atoms with Gasteiger partial charge in [0.25, 0.3) is 0 Å². The summed E-state index contributed by atoms with van der Waals surface area (Å²) in [7, 11) is 0. The molecule has 0 bridgehead atoms. The van der Waals surface area contributed by atoms with Crippen LogP contribution >= 0.6 is 11.6 Å². The van der Waals surface area contributed by atoms with Crippen molar-refractivity contribution in [2.24, 2.45) is 5.73 Å². The number of hydrogen-bond donors (Lipinski definition) is 3. The average Bonchev–Trinajstić information content (AvgIpc) is 1.94. The maximum Gasteiger partial charge on any atom is 0.134 e. The van der Waals surface area contributed by atoms with E-state index in [1.807, 2.05) is 0 Å². The zero-order chi connectivity index (χ0) is 8.43. The third kappa shape index (κ3) is 1.83. The summed E-state index contributed by atoms with van der Waals surface area (Å²) in [4.78, 5) is 0. The first-order valence-corrected chi connectivity index (χ1v) is 3.41. The minimum Gasteiger partial charge on any atom is -0.506 e. The Morgan fingerprint density at radius 1 is 1.45 bits per heavy atom. The molecule has 1 unspecified atom stereocenters. The van der Waals surface area contributed by atoms with E-state index in [0.717, 1.165) is 0 Å². The Kier molecular flexibility index (Phi) is 2.34. The Hall–Kier alpha value is -0.770. The summed E-state index contributed by atoms with van der Waals surface area (Å²) in [6.07, 6.45) is -1.05. The van der Waals surface area contributed by atoms with Crippen LogP contribution in [0.5, 0.6) is 5.75 Å². The van der Waals surface area contributed by atoms with E-state index in [1.165, 1.54) is 18.2 Å². The van der Waals surface area contributed by atoms with E-state index in [0.29, 0.717) is 5.56 Å². The third-order valence-corrected chi connectivity index (χ3v) is 1.62. The van der Waals surface area contributed by atoms with E-state index in [1.54, 1.807) is 0 Å². The van der Waals surface area contributed by atoms with Gasteiger partial charge in [-0.1, -0.05) is 17.7 Å². The van der Waals surface area contributed by atoms with Gasteiger partial charge in [-0.3, -0.25) is 0 Å². The molecule has 0 heterocycles. The molecule has 1 atom stereocenters. The van der Waals surface area contributed by atoms with Crippen LogP contribution in [0.2, 0.25) is 5.02 Å². The second-order valence-corrected chi connectivity index (χ2v) is 2.56. The fourth-order valence-electron chi connectivity index (χ4n) is 0.707. The lowest BCUT2D eigenvalue weighted by atomic mass is 10.2. The molecule has 60 valence electrons. The number of benzene rings is 1. The van der Waals surface area contributed by atoms with Crippen molar-refractivity contribution in [2.75, 3.05) is 0 Å². The monoisotopic (exact) mass is 173 g/mol. The van der Waals surface area contributed by atoms with Gasteiger partial charge in [0.2, 0.25) is 0 Å². The summed E-state index contributed by atoms with van der Waals surface area (Å²) in [5, 5.41) is 18.0. The first-order valence-electron chi connectivity index (χ1n) is 3.03. The molecule has 1 aromatic rings. The molecule has 0 aliphatic heterocycles. The third-order valence-electron chi connectivity index (χ3n) is 1.31. The Balaban J connectivity index is 3.05. The van der Waals surface area contributed by atoms with Gasteiger partial charge in [-0.15, -0.1) is 0 Å². The molecule has 4 heteroatoms. The van der Waals surface area contributed by atoms with Gasteiger partial charge in [0.05, 0.1) is 5.02 Å². The van der Waals surface area contributed by atoms with E-state index in [4.69, 9.17) is 27.5 Å². The number of phenols is 1. The number of aliphatic hydroxyl groups excluding tert-OH is 1. The number of halogens is 1. The highest BCUT2D eigenvalue weighted by molar-refractivity contribution is 6.32. The highest BCUT2D eigenvalue weighted by atomic mass is 35.5. The van der Waals surface area contributed by atoms with Crippen LogP contribution in [0.25, 0.3) is 0 Å². The van der Waals surface area contributed by atoms with Gasteiger partial charge in [0, 0.05) is 0 Å². The zero-order valence-electron chi connectivity index (χ0n) is 5.66. The molecular formula is C7H8ClNO2. The Labute approximate surface area is 69.0 Å². The SMILES string of the molecule is NC(O)c1ccc(O)c(Cl)c1. The van der Waals surface area contributed by atoms with Gasteiger partial charge >= 0.3 is 0 Å². The highest BCUT2D eigenvalue weighted by Gasteiger charge is 2.03. The Bertz CT molecular complexity index is 263. The molecule has 0 fully saturated rings. The fraction of sp³-hybridized carbons (Fsp3) is 0.143. The second-order valence-electron chi connectivity index (χ2n) is 2.16. The fourth-order valence-corrected chi connectivity index (χ4v) is 0.896. The van der Waals surface area contributed by atoms with Crippen LogP contribution in [-0.4, -0.2) is 10.2 Å². The van der Waals surface area contributed by atoms with Crippen molar-refractivity contribution in [2.45, 2.75) is 6.23 Å². The lowest BCUT2D eigenvalue weighted by Crippen LogP contribution is -2.07. The molecule has 0 saturated heterocycles. The largest absolute Gasteiger partial charge is 0.506 e. The number of hydrogen-bond acceptors (Lipinski definition) is 3. The van der Waals surface area contributed by atoms with Gasteiger partial charge < -0.3 is 15.9 Å². The van der Waals surface area contributed by atoms with Crippen molar-refractivity contribution in [3.05, 3.63) is 28.8 Å². The van der Waals surface area contributed by atoms with Crippen molar-refractivity contribution >= 4 is 11.6 Å². The molecular weight excluding hydrogens is 166 g/mol. The van der Waals surface area contributed by atoms with E-state index >= 15 is 0 Å². The van der Waals surface area contributed by atoms with Gasteiger partial charge in [-0.2, -0.15) is 0 Å². The molecule has 0 radical (unpaired) electrons. The molecule has 0 aliphatic rings. The van der Waals surface area contributed by atoms with Crippen LogP contribution < -0.4 is 5.73 Å². The van der Waals surface area contributed by atoms with E-state index in [2.05, 4.69) is 0 Å². The summed E-state index contributed by atoms with van der Waals surface area (Å²) in [6, 6.07) is 4.31. The van der Waals surface area contributed by atoms with Crippen LogP contribution in [0.4, 0.5) is 0 Å². The number of phenolic OH excluding ortho intramolecular Hbond substituents is 1. The first kappa shape index (κ1) is 8.33. The summed E-state index contributed by atoms with van der Waals surface area (Å²) in [6.45, 7) is 0. The van der Waals surface area contributed by atoms with Crippen LogP contribution in [0.3, 0.4) is 0 Å². The van der Waals surface area contributed by atoms with Crippen LogP contribution in [0.15, 0.2) is 18.2 Å². The molecule has 0 aromatic heterocycles.